The van der Waals surface area contributed by atoms with Crippen LogP contribution in [0.15, 0.2) is 24.3 Å². The molecular weight excluding hydrogens is 342 g/mol. The normalized spacial score (nSPS) is 15.9. The zero-order valence-corrected chi connectivity index (χ0v) is 16.5. The van der Waals surface area contributed by atoms with Crippen LogP contribution in [0.5, 0.6) is 0 Å². The Bertz CT molecular complexity index is 666. The fourth-order valence-corrected chi connectivity index (χ4v) is 3.44. The molecule has 27 heavy (non-hydrogen) atoms. The van der Waals surface area contributed by atoms with E-state index in [2.05, 4.69) is 16.2 Å². The Morgan fingerprint density at radius 3 is 2.33 bits per heavy atom. The number of benzene rings is 1. The van der Waals surface area contributed by atoms with E-state index < -0.39 is 11.9 Å². The summed E-state index contributed by atoms with van der Waals surface area (Å²) < 4.78 is 0. The van der Waals surface area contributed by atoms with Crippen LogP contribution in [0.4, 0.5) is 0 Å². The number of hydrogen-bond acceptors (Lipinski definition) is 3. The Balaban J connectivity index is 1.95. The summed E-state index contributed by atoms with van der Waals surface area (Å²) in [5.41, 5.74) is 6.44. The highest BCUT2D eigenvalue weighted by molar-refractivity contribution is 5.98. The van der Waals surface area contributed by atoms with Crippen LogP contribution in [0.1, 0.15) is 68.3 Å². The molecule has 0 radical (unpaired) electrons. The highest BCUT2D eigenvalue weighted by Gasteiger charge is 2.25. The van der Waals surface area contributed by atoms with E-state index in [1.54, 1.807) is 12.1 Å². The molecule has 3 N–H and O–H groups in total. The molecule has 1 aromatic carbocycles. The third kappa shape index (κ3) is 6.38. The third-order valence-corrected chi connectivity index (χ3v) is 5.00. The van der Waals surface area contributed by atoms with Crippen molar-refractivity contribution in [2.75, 3.05) is 0 Å². The fourth-order valence-electron chi connectivity index (χ4n) is 3.44. The van der Waals surface area contributed by atoms with E-state index in [0.29, 0.717) is 12.0 Å². The Morgan fingerprint density at radius 2 is 1.70 bits per heavy atom. The molecule has 1 fully saturated rings. The van der Waals surface area contributed by atoms with Crippen LogP contribution in [0.2, 0.25) is 0 Å². The standard InChI is InChI=1S/C21H31N3O3/c1-14(2)13-18(22-20(26)17-12-8-7-9-15(17)3)21(27)24-23-19(25)16-10-5-4-6-11-16/h7-9,12,14,16,18H,4-6,10-11,13H2,1-3H3,(H,22,26)(H,23,25)(H,24,27)/t18-/m0/s1. The van der Waals surface area contributed by atoms with Gasteiger partial charge in [-0.15, -0.1) is 0 Å². The molecule has 0 aliphatic heterocycles. The van der Waals surface area contributed by atoms with Gasteiger partial charge in [-0.25, -0.2) is 0 Å². The Labute approximate surface area is 161 Å². The van der Waals surface area contributed by atoms with Gasteiger partial charge >= 0.3 is 0 Å². The van der Waals surface area contributed by atoms with Crippen LogP contribution in [0.3, 0.4) is 0 Å². The molecule has 1 aliphatic rings. The van der Waals surface area contributed by atoms with Gasteiger partial charge in [-0.05, 0) is 43.7 Å². The van der Waals surface area contributed by atoms with Crippen molar-refractivity contribution in [1.29, 1.82) is 0 Å². The SMILES string of the molecule is Cc1ccccc1C(=O)N[C@@H](CC(C)C)C(=O)NNC(=O)C1CCCCC1. The minimum atomic E-state index is -0.705. The van der Waals surface area contributed by atoms with Gasteiger partial charge in [0.1, 0.15) is 6.04 Å². The van der Waals surface area contributed by atoms with Gasteiger partial charge in [-0.1, -0.05) is 51.3 Å². The van der Waals surface area contributed by atoms with Gasteiger partial charge < -0.3 is 5.32 Å². The predicted octanol–water partition coefficient (Wildman–Crippen LogP) is 2.87. The van der Waals surface area contributed by atoms with E-state index in [9.17, 15) is 14.4 Å². The van der Waals surface area contributed by atoms with Gasteiger partial charge in [0.25, 0.3) is 11.8 Å². The molecule has 1 aliphatic carbocycles. The maximum absolute atomic E-state index is 12.6. The van der Waals surface area contributed by atoms with Crippen molar-refractivity contribution in [1.82, 2.24) is 16.2 Å². The summed E-state index contributed by atoms with van der Waals surface area (Å²) in [5, 5.41) is 2.81. The summed E-state index contributed by atoms with van der Waals surface area (Å²) in [7, 11) is 0. The Hall–Kier alpha value is -2.37. The molecule has 0 heterocycles. The van der Waals surface area contributed by atoms with Gasteiger partial charge in [-0.2, -0.15) is 0 Å². The lowest BCUT2D eigenvalue weighted by Gasteiger charge is -2.23. The second-order valence-corrected chi connectivity index (χ2v) is 7.78. The number of hydrazine groups is 1. The molecule has 1 aromatic rings. The molecule has 3 amide bonds. The molecule has 6 nitrogen and oxygen atoms in total. The number of carbonyl (C=O) groups excluding carboxylic acids is 3. The lowest BCUT2D eigenvalue weighted by molar-refractivity contribution is -0.132. The first-order chi connectivity index (χ1) is 12.9. The van der Waals surface area contributed by atoms with Crippen LogP contribution in [-0.2, 0) is 9.59 Å². The van der Waals surface area contributed by atoms with E-state index >= 15 is 0 Å². The zero-order chi connectivity index (χ0) is 19.8. The van der Waals surface area contributed by atoms with E-state index in [4.69, 9.17) is 0 Å². The summed E-state index contributed by atoms with van der Waals surface area (Å²) in [4.78, 5) is 37.4. The summed E-state index contributed by atoms with van der Waals surface area (Å²) >= 11 is 0. The molecule has 1 atom stereocenters. The highest BCUT2D eigenvalue weighted by atomic mass is 16.2. The van der Waals surface area contributed by atoms with Crippen molar-refractivity contribution in [3.8, 4) is 0 Å². The minimum absolute atomic E-state index is 0.0378. The quantitative estimate of drug-likeness (QED) is 0.670. The van der Waals surface area contributed by atoms with Gasteiger partial charge in [0.05, 0.1) is 0 Å². The first kappa shape index (κ1) is 20.9. The number of nitrogens with one attached hydrogen (secondary N) is 3. The maximum atomic E-state index is 12.6. The van der Waals surface area contributed by atoms with Gasteiger partial charge in [0, 0.05) is 11.5 Å². The molecule has 6 heteroatoms. The van der Waals surface area contributed by atoms with Crippen LogP contribution in [0.25, 0.3) is 0 Å². The average molecular weight is 373 g/mol. The molecule has 0 saturated heterocycles. The number of carbonyl (C=O) groups is 3. The summed E-state index contributed by atoms with van der Waals surface area (Å²) in [5.74, 6) is -0.644. The van der Waals surface area contributed by atoms with Crippen molar-refractivity contribution < 1.29 is 14.4 Å². The van der Waals surface area contributed by atoms with E-state index in [1.807, 2.05) is 32.9 Å². The van der Waals surface area contributed by atoms with Crippen molar-refractivity contribution in [2.24, 2.45) is 11.8 Å². The second kappa shape index (κ2) is 10.1. The highest BCUT2D eigenvalue weighted by Crippen LogP contribution is 2.23. The molecule has 148 valence electrons. The monoisotopic (exact) mass is 373 g/mol. The average Bonchev–Trinajstić information content (AvgIpc) is 2.65. The van der Waals surface area contributed by atoms with Gasteiger partial charge in [0.15, 0.2) is 0 Å². The first-order valence-corrected chi connectivity index (χ1v) is 9.84. The predicted molar refractivity (Wildman–Crippen MR) is 105 cm³/mol. The van der Waals surface area contributed by atoms with Crippen molar-refractivity contribution in [3.05, 3.63) is 35.4 Å². The van der Waals surface area contributed by atoms with Crippen LogP contribution in [-0.4, -0.2) is 23.8 Å². The Morgan fingerprint density at radius 1 is 1.04 bits per heavy atom. The summed E-state index contributed by atoms with van der Waals surface area (Å²) in [6.07, 6.45) is 5.48. The molecule has 0 spiro atoms. The lowest BCUT2D eigenvalue weighted by atomic mass is 9.89. The maximum Gasteiger partial charge on any atom is 0.260 e. The topological polar surface area (TPSA) is 87.3 Å². The van der Waals surface area contributed by atoms with E-state index in [-0.39, 0.29) is 23.7 Å². The van der Waals surface area contributed by atoms with Crippen LogP contribution < -0.4 is 16.2 Å². The molecule has 0 bridgehead atoms. The van der Waals surface area contributed by atoms with Crippen LogP contribution >= 0.6 is 0 Å². The van der Waals surface area contributed by atoms with Crippen molar-refractivity contribution in [3.63, 3.8) is 0 Å². The number of hydrogen-bond donors (Lipinski definition) is 3. The molecule has 2 rings (SSSR count). The summed E-state index contributed by atoms with van der Waals surface area (Å²) in [6.45, 7) is 5.83. The van der Waals surface area contributed by atoms with Crippen molar-refractivity contribution in [2.45, 2.75) is 65.3 Å². The molecular formula is C21H31N3O3. The lowest BCUT2D eigenvalue weighted by Crippen LogP contribution is -2.53. The smallest absolute Gasteiger partial charge is 0.260 e. The minimum Gasteiger partial charge on any atom is -0.340 e. The molecule has 0 unspecified atom stereocenters. The number of aryl methyl sites for hydroxylation is 1. The first-order valence-electron chi connectivity index (χ1n) is 9.84. The number of rotatable bonds is 6. The molecule has 1 saturated carbocycles. The largest absolute Gasteiger partial charge is 0.340 e. The van der Waals surface area contributed by atoms with Crippen molar-refractivity contribution >= 4 is 17.7 Å². The summed E-state index contributed by atoms with van der Waals surface area (Å²) in [6, 6.07) is 6.55. The van der Waals surface area contributed by atoms with Gasteiger partial charge in [0.2, 0.25) is 5.91 Å². The van der Waals surface area contributed by atoms with Gasteiger partial charge in [-0.3, -0.25) is 25.2 Å². The third-order valence-electron chi connectivity index (χ3n) is 5.00. The van der Waals surface area contributed by atoms with E-state index in [0.717, 1.165) is 37.7 Å². The second-order valence-electron chi connectivity index (χ2n) is 7.78. The number of amides is 3. The Kier molecular flexibility index (Phi) is 7.82. The van der Waals surface area contributed by atoms with E-state index in [1.165, 1.54) is 0 Å². The zero-order valence-electron chi connectivity index (χ0n) is 16.5. The fraction of sp³-hybridized carbons (Fsp3) is 0.571. The van der Waals surface area contributed by atoms with Crippen LogP contribution in [0, 0.1) is 18.8 Å². The molecule has 0 aromatic heterocycles.